The number of Topliss-reactive ketones (excluding diaryl/α,β-unsaturated/α-hetero) is 2. The van der Waals surface area contributed by atoms with Gasteiger partial charge in [-0.05, 0) is 126 Å². The summed E-state index contributed by atoms with van der Waals surface area (Å²) in [5, 5.41) is 55.0. The number of aromatic amines is 2. The lowest BCUT2D eigenvalue weighted by Gasteiger charge is -2.40. The standard InChI is InChI=1S/2C35H38N10O3/c1-3-24-17-23(18-28-22(2)38-39-32(24)28)19-30(33-40-41-42-45(33)21-31(46)25-9-5-4-6-10-25)37-34(47)43-15-13-27(14-16-43)44-20-26-11-7-8-12-29(26)36-35(44)48;1-3-24-17-23(18-28-22(2)38-39-32(24)28)19-30(33-40-42-45(41-33)21-31(46)25-9-5-4-6-10-25)37-34(47)43-15-13-27(14-16-43)44-20-26-11-7-8-12-29(26)36-35(44)48/h2*4-12,17-18,27,30H,3,13-16,19-21H2,1-2H3,(H,36,48)(H,37,47)(H,38,39). The van der Waals surface area contributed by atoms with E-state index in [1.54, 1.807) is 34.1 Å². The van der Waals surface area contributed by atoms with E-state index in [1.165, 1.54) is 9.48 Å². The number of carbonyl (C=O) groups excluding carboxylic acids is 6. The monoisotopic (exact) mass is 1290 g/mol. The largest absolute Gasteiger partial charge is 0.328 e. The van der Waals surface area contributed by atoms with Crippen molar-refractivity contribution in [3.63, 3.8) is 0 Å². The highest BCUT2D eigenvalue weighted by Crippen LogP contribution is 2.32. The first kappa shape index (κ1) is 63.6. The van der Waals surface area contributed by atoms with Gasteiger partial charge in [-0.2, -0.15) is 15.0 Å². The Morgan fingerprint density at radius 2 is 1.01 bits per heavy atom. The molecule has 2 saturated heterocycles. The van der Waals surface area contributed by atoms with Crippen molar-refractivity contribution in [2.24, 2.45) is 0 Å². The van der Waals surface area contributed by atoms with E-state index in [4.69, 9.17) is 0 Å². The zero-order valence-electron chi connectivity index (χ0n) is 54.0. The number of rotatable bonds is 18. The minimum atomic E-state index is -0.618. The Morgan fingerprint density at radius 1 is 0.552 bits per heavy atom. The number of hydrogen-bond donors (Lipinski definition) is 6. The van der Waals surface area contributed by atoms with Crippen LogP contribution < -0.4 is 21.3 Å². The molecule has 26 nitrogen and oxygen atoms in total. The zero-order valence-corrected chi connectivity index (χ0v) is 54.0. The average molecular weight is 1290 g/mol. The molecule has 4 aromatic heterocycles. The summed E-state index contributed by atoms with van der Waals surface area (Å²) in [6.07, 6.45) is 5.08. The molecule has 0 bridgehead atoms. The molecular formula is C70H76N20O6. The summed E-state index contributed by atoms with van der Waals surface area (Å²) in [6.45, 7) is 11.1. The van der Waals surface area contributed by atoms with E-state index in [1.807, 2.05) is 109 Å². The molecule has 10 aromatic rings. The minimum absolute atomic E-state index is 0.0203. The van der Waals surface area contributed by atoms with Crippen molar-refractivity contribution in [1.82, 2.24) is 91.0 Å². The van der Waals surface area contributed by atoms with Gasteiger partial charge in [0.25, 0.3) is 0 Å². The van der Waals surface area contributed by atoms with E-state index in [0.29, 0.717) is 101 Å². The van der Waals surface area contributed by atoms with E-state index < -0.39 is 12.1 Å². The average Bonchev–Trinajstić information content (AvgIpc) is 1.66. The van der Waals surface area contributed by atoms with Gasteiger partial charge >= 0.3 is 24.1 Å². The Hall–Kier alpha value is -11.2. The SMILES string of the molecule is CCc1cc(CC(NC(=O)N2CCC(N3Cc4ccccc4NC3=O)CC2)c2nnn(CC(=O)c3ccccc3)n2)cc2c(C)[nH]nc12.CCc1cc(CC(NC(=O)N2CCC(N3Cc4ccccc4NC3=O)CC2)c2nnnn2CC(=O)c2ccccc2)cc2c(C)[nH]nc12. The molecule has 0 spiro atoms. The molecule has 4 aliphatic rings. The van der Waals surface area contributed by atoms with E-state index in [9.17, 15) is 28.8 Å². The fourth-order valence-electron chi connectivity index (χ4n) is 13.4. The maximum absolute atomic E-state index is 13.9. The van der Waals surface area contributed by atoms with Gasteiger partial charge < -0.3 is 40.9 Å². The second kappa shape index (κ2) is 28.2. The van der Waals surface area contributed by atoms with E-state index in [2.05, 4.69) is 111 Å². The van der Waals surface area contributed by atoms with Crippen molar-refractivity contribution in [2.45, 2.75) is 129 Å². The van der Waals surface area contributed by atoms with Crippen molar-refractivity contribution in [3.8, 4) is 0 Å². The number of amides is 8. The predicted octanol–water partition coefficient (Wildman–Crippen LogP) is 9.62. The van der Waals surface area contributed by atoms with Gasteiger partial charge in [0.05, 0.1) is 23.1 Å². The van der Waals surface area contributed by atoms with Crippen molar-refractivity contribution < 1.29 is 28.8 Å². The van der Waals surface area contributed by atoms with Gasteiger partial charge in [-0.15, -0.1) is 15.3 Å². The van der Waals surface area contributed by atoms with Crippen molar-refractivity contribution in [1.29, 1.82) is 0 Å². The van der Waals surface area contributed by atoms with E-state index >= 15 is 0 Å². The summed E-state index contributed by atoms with van der Waals surface area (Å²) >= 11 is 0. The minimum Gasteiger partial charge on any atom is -0.328 e. The van der Waals surface area contributed by atoms with Crippen LogP contribution in [0.25, 0.3) is 21.8 Å². The molecule has 14 rings (SSSR count). The highest BCUT2D eigenvalue weighted by molar-refractivity contribution is 5.97. The quantitative estimate of drug-likeness (QED) is 0.0436. The number of hydrogen-bond acceptors (Lipinski definition) is 14. The highest BCUT2D eigenvalue weighted by Gasteiger charge is 2.36. The smallest absolute Gasteiger partial charge is 0.322 e. The number of benzene rings is 6. The van der Waals surface area contributed by atoms with Gasteiger partial charge in [-0.3, -0.25) is 19.8 Å². The predicted molar refractivity (Wildman–Crippen MR) is 359 cm³/mol. The maximum Gasteiger partial charge on any atom is 0.322 e. The lowest BCUT2D eigenvalue weighted by Crippen LogP contribution is -2.53. The Bertz CT molecular complexity index is 4490. The Kier molecular flexibility index (Phi) is 18.7. The summed E-state index contributed by atoms with van der Waals surface area (Å²) in [6, 6.07) is 40.2. The number of H-pyrrole nitrogens is 2. The lowest BCUT2D eigenvalue weighted by atomic mass is 9.98. The van der Waals surface area contributed by atoms with Crippen LogP contribution in [0.5, 0.6) is 0 Å². The number of likely N-dealkylation sites (tertiary alicyclic amines) is 2. The number of anilines is 2. The van der Waals surface area contributed by atoms with Crippen molar-refractivity contribution in [3.05, 3.63) is 201 Å². The van der Waals surface area contributed by atoms with Crippen molar-refractivity contribution in [2.75, 3.05) is 36.8 Å². The van der Waals surface area contributed by atoms with Crippen LogP contribution in [0.15, 0.2) is 133 Å². The van der Waals surface area contributed by atoms with Gasteiger partial charge in [0.15, 0.2) is 23.2 Å². The molecule has 2 unspecified atom stereocenters. The molecule has 0 saturated carbocycles. The van der Waals surface area contributed by atoms with Crippen LogP contribution in [0, 0.1) is 13.8 Å². The molecule has 492 valence electrons. The fourth-order valence-corrected chi connectivity index (χ4v) is 13.4. The number of aryl methyl sites for hydroxylation is 4. The maximum atomic E-state index is 13.9. The van der Waals surface area contributed by atoms with Crippen LogP contribution in [-0.4, -0.2) is 154 Å². The van der Waals surface area contributed by atoms with Gasteiger partial charge in [0, 0.05) is 109 Å². The molecule has 0 aliphatic carbocycles. The number of tetrazole rings is 2. The highest BCUT2D eigenvalue weighted by atomic mass is 16.2. The first-order chi connectivity index (χ1) is 46.7. The summed E-state index contributed by atoms with van der Waals surface area (Å²) in [5.74, 6) is 0.449. The number of aromatic nitrogens is 12. The van der Waals surface area contributed by atoms with Gasteiger partial charge in [0.2, 0.25) is 0 Å². The second-order valence-electron chi connectivity index (χ2n) is 24.9. The molecule has 8 amide bonds. The number of urea groups is 4. The molecule has 26 heteroatoms. The number of carbonyl (C=O) groups is 6. The molecule has 2 atom stereocenters. The number of nitrogens with zero attached hydrogens (tertiary/aromatic N) is 14. The fraction of sp³-hybridized carbons (Fsp3) is 0.343. The summed E-state index contributed by atoms with van der Waals surface area (Å²) in [4.78, 5) is 88.1. The molecule has 6 aromatic carbocycles. The number of nitrogens with one attached hydrogen (secondary N) is 6. The number of fused-ring (bicyclic) bond motifs is 4. The van der Waals surface area contributed by atoms with Crippen LogP contribution in [0.2, 0.25) is 0 Å². The van der Waals surface area contributed by atoms with Crippen LogP contribution in [0.4, 0.5) is 30.6 Å². The zero-order chi connectivity index (χ0) is 66.4. The normalized spacial score (nSPS) is 15.7. The van der Waals surface area contributed by atoms with Crippen LogP contribution in [0.1, 0.15) is 129 Å². The van der Waals surface area contributed by atoms with Gasteiger partial charge in [0.1, 0.15) is 13.1 Å². The number of piperidine rings is 2. The third-order valence-corrected chi connectivity index (χ3v) is 18.7. The Labute approximate surface area is 553 Å². The molecule has 8 heterocycles. The van der Waals surface area contributed by atoms with E-state index in [-0.39, 0.29) is 60.9 Å². The van der Waals surface area contributed by atoms with Crippen LogP contribution in [-0.2, 0) is 51.9 Å². The molecule has 4 aliphatic heterocycles. The Balaban J connectivity index is 0.000000174. The van der Waals surface area contributed by atoms with Crippen molar-refractivity contribution >= 4 is 68.9 Å². The Morgan fingerprint density at radius 3 is 1.51 bits per heavy atom. The molecule has 96 heavy (non-hydrogen) atoms. The van der Waals surface area contributed by atoms with Gasteiger partial charge in [-0.1, -0.05) is 123 Å². The summed E-state index contributed by atoms with van der Waals surface area (Å²) in [7, 11) is 0. The number of para-hydroxylation sites is 2. The van der Waals surface area contributed by atoms with Crippen LogP contribution >= 0.6 is 0 Å². The summed E-state index contributed by atoms with van der Waals surface area (Å²) in [5.41, 5.74) is 13.0. The second-order valence-corrected chi connectivity index (χ2v) is 24.9. The van der Waals surface area contributed by atoms with E-state index in [0.717, 1.165) is 90.8 Å². The lowest BCUT2D eigenvalue weighted by molar-refractivity contribution is 0.0954. The van der Waals surface area contributed by atoms with Gasteiger partial charge in [-0.25, -0.2) is 23.9 Å². The molecule has 6 N–H and O–H groups in total. The topological polar surface area (TPSA) is 308 Å². The number of ketones is 2. The molecule has 2 fully saturated rings. The third-order valence-electron chi connectivity index (χ3n) is 18.7. The van der Waals surface area contributed by atoms with Crippen LogP contribution in [0.3, 0.4) is 0 Å². The first-order valence-corrected chi connectivity index (χ1v) is 32.8. The third kappa shape index (κ3) is 13.9. The summed E-state index contributed by atoms with van der Waals surface area (Å²) < 4.78 is 1.47. The first-order valence-electron chi connectivity index (χ1n) is 32.8. The molecule has 0 radical (unpaired) electrons. The molecular weight excluding hydrogens is 1220 g/mol.